The van der Waals surface area contributed by atoms with Gasteiger partial charge in [-0.1, -0.05) is 12.2 Å². The van der Waals surface area contributed by atoms with Crippen LogP contribution in [0.25, 0.3) is 0 Å². The average Bonchev–Trinajstić information content (AvgIpc) is 2.80. The Kier molecular flexibility index (Phi) is 4.01. The van der Waals surface area contributed by atoms with Crippen LogP contribution in [0.2, 0.25) is 0 Å². The SMILES string of the molecule is COC(=O)C1CC(O)CN1C(=O)C1CC=CCC1. The van der Waals surface area contributed by atoms with E-state index in [0.717, 1.165) is 19.3 Å². The number of hydrogen-bond acceptors (Lipinski definition) is 4. The molecule has 1 aliphatic heterocycles. The second-order valence-electron chi connectivity index (χ2n) is 4.90. The minimum Gasteiger partial charge on any atom is -0.467 e. The van der Waals surface area contributed by atoms with Crippen molar-refractivity contribution in [2.24, 2.45) is 5.92 Å². The Morgan fingerprint density at radius 3 is 2.78 bits per heavy atom. The molecule has 2 rings (SSSR count). The standard InChI is InChI=1S/C13H19NO4/c1-18-13(17)11-7-10(15)8-14(11)12(16)9-5-3-2-4-6-9/h2-3,9-11,15H,4-8H2,1H3. The summed E-state index contributed by atoms with van der Waals surface area (Å²) in [7, 11) is 1.30. The maximum Gasteiger partial charge on any atom is 0.328 e. The van der Waals surface area contributed by atoms with Crippen LogP contribution in [0, 0.1) is 5.92 Å². The Morgan fingerprint density at radius 1 is 1.39 bits per heavy atom. The van der Waals surface area contributed by atoms with Crippen molar-refractivity contribution in [2.45, 2.75) is 37.8 Å². The number of nitrogens with zero attached hydrogens (tertiary/aromatic N) is 1. The van der Waals surface area contributed by atoms with E-state index in [1.165, 1.54) is 12.0 Å². The zero-order chi connectivity index (χ0) is 13.1. The molecule has 5 nitrogen and oxygen atoms in total. The van der Waals surface area contributed by atoms with E-state index in [9.17, 15) is 14.7 Å². The van der Waals surface area contributed by atoms with E-state index in [2.05, 4.69) is 6.08 Å². The lowest BCUT2D eigenvalue weighted by Gasteiger charge is -2.27. The van der Waals surface area contributed by atoms with Crippen LogP contribution >= 0.6 is 0 Å². The van der Waals surface area contributed by atoms with Crippen molar-refractivity contribution in [3.63, 3.8) is 0 Å². The van der Waals surface area contributed by atoms with E-state index in [1.807, 2.05) is 6.08 Å². The van der Waals surface area contributed by atoms with Crippen LogP contribution in [0.15, 0.2) is 12.2 Å². The summed E-state index contributed by atoms with van der Waals surface area (Å²) in [6.45, 7) is 0.235. The van der Waals surface area contributed by atoms with Gasteiger partial charge in [-0.2, -0.15) is 0 Å². The number of methoxy groups -OCH3 is 1. The predicted molar refractivity (Wildman–Crippen MR) is 64.6 cm³/mol. The number of esters is 1. The van der Waals surface area contributed by atoms with Gasteiger partial charge in [0.1, 0.15) is 6.04 Å². The summed E-state index contributed by atoms with van der Waals surface area (Å²) in [5.41, 5.74) is 0. The van der Waals surface area contributed by atoms with Gasteiger partial charge in [0.25, 0.3) is 0 Å². The molecule has 0 radical (unpaired) electrons. The van der Waals surface area contributed by atoms with Crippen molar-refractivity contribution in [3.8, 4) is 0 Å². The third-order valence-corrected chi connectivity index (χ3v) is 3.65. The molecule has 0 aromatic carbocycles. The predicted octanol–water partition coefficient (Wildman–Crippen LogP) is 0.477. The first-order chi connectivity index (χ1) is 8.63. The monoisotopic (exact) mass is 253 g/mol. The molecule has 3 atom stereocenters. The van der Waals surface area contributed by atoms with Gasteiger partial charge < -0.3 is 14.7 Å². The van der Waals surface area contributed by atoms with Crippen LogP contribution in [0.5, 0.6) is 0 Å². The van der Waals surface area contributed by atoms with Gasteiger partial charge in [-0.3, -0.25) is 4.79 Å². The van der Waals surface area contributed by atoms with E-state index in [0.29, 0.717) is 0 Å². The van der Waals surface area contributed by atoms with Crippen molar-refractivity contribution < 1.29 is 19.4 Å². The van der Waals surface area contributed by atoms with Gasteiger partial charge in [0.2, 0.25) is 5.91 Å². The molecule has 0 aromatic heterocycles. The maximum absolute atomic E-state index is 12.3. The minimum atomic E-state index is -0.628. The number of amides is 1. The number of likely N-dealkylation sites (tertiary alicyclic amines) is 1. The Balaban J connectivity index is 2.07. The van der Waals surface area contributed by atoms with Gasteiger partial charge in [-0.25, -0.2) is 4.79 Å². The highest BCUT2D eigenvalue weighted by atomic mass is 16.5. The van der Waals surface area contributed by atoms with Gasteiger partial charge in [0.05, 0.1) is 13.2 Å². The second-order valence-corrected chi connectivity index (χ2v) is 4.90. The number of carbonyl (C=O) groups excluding carboxylic acids is 2. The summed E-state index contributed by atoms with van der Waals surface area (Å²) in [6, 6.07) is -0.622. The van der Waals surface area contributed by atoms with Crippen molar-refractivity contribution >= 4 is 11.9 Å². The van der Waals surface area contributed by atoms with Gasteiger partial charge >= 0.3 is 5.97 Å². The molecule has 0 bridgehead atoms. The number of ether oxygens (including phenoxy) is 1. The number of carbonyl (C=O) groups is 2. The fourth-order valence-corrected chi connectivity index (χ4v) is 2.67. The largest absolute Gasteiger partial charge is 0.467 e. The summed E-state index contributed by atoms with van der Waals surface area (Å²) in [5, 5.41) is 9.65. The number of rotatable bonds is 2. The molecule has 2 aliphatic rings. The highest BCUT2D eigenvalue weighted by Gasteiger charge is 2.41. The molecule has 1 amide bonds. The van der Waals surface area contributed by atoms with Gasteiger partial charge in [0, 0.05) is 18.9 Å². The average molecular weight is 253 g/mol. The number of hydrogen-bond donors (Lipinski definition) is 1. The molecule has 100 valence electrons. The van der Waals surface area contributed by atoms with Crippen molar-refractivity contribution in [2.75, 3.05) is 13.7 Å². The Morgan fingerprint density at radius 2 is 2.17 bits per heavy atom. The smallest absolute Gasteiger partial charge is 0.328 e. The van der Waals surface area contributed by atoms with Gasteiger partial charge in [-0.15, -0.1) is 0 Å². The number of aliphatic hydroxyl groups is 1. The highest BCUT2D eigenvalue weighted by Crippen LogP contribution is 2.26. The van der Waals surface area contributed by atoms with E-state index in [-0.39, 0.29) is 24.8 Å². The lowest BCUT2D eigenvalue weighted by atomic mass is 9.93. The molecule has 1 aliphatic carbocycles. The maximum atomic E-state index is 12.3. The Labute approximate surface area is 106 Å². The fraction of sp³-hybridized carbons (Fsp3) is 0.692. The Hall–Kier alpha value is -1.36. The van der Waals surface area contributed by atoms with Crippen LogP contribution in [0.4, 0.5) is 0 Å². The number of β-amino-alcohol motifs (C(OH)–C–C–N with tert-alkyl or cyclic N) is 1. The summed E-state index contributed by atoms with van der Waals surface area (Å²) in [5.74, 6) is -0.537. The molecule has 1 saturated heterocycles. The van der Waals surface area contributed by atoms with E-state index >= 15 is 0 Å². The molecule has 1 fully saturated rings. The van der Waals surface area contributed by atoms with Crippen LogP contribution in [-0.2, 0) is 14.3 Å². The molecule has 0 spiro atoms. The second kappa shape index (κ2) is 5.52. The van der Waals surface area contributed by atoms with Crippen molar-refractivity contribution in [1.29, 1.82) is 0 Å². The highest BCUT2D eigenvalue weighted by molar-refractivity contribution is 5.86. The minimum absolute atomic E-state index is 0.0358. The molecule has 1 heterocycles. The zero-order valence-corrected chi connectivity index (χ0v) is 10.5. The Bertz CT molecular complexity index is 366. The lowest BCUT2D eigenvalue weighted by Crippen LogP contribution is -2.44. The van der Waals surface area contributed by atoms with Crippen LogP contribution < -0.4 is 0 Å². The molecule has 3 unspecified atom stereocenters. The normalized spacial score (nSPS) is 31.4. The van der Waals surface area contributed by atoms with Crippen LogP contribution in [0.3, 0.4) is 0 Å². The molecular formula is C13H19NO4. The van der Waals surface area contributed by atoms with Gasteiger partial charge in [-0.05, 0) is 19.3 Å². The van der Waals surface area contributed by atoms with E-state index in [4.69, 9.17) is 4.74 Å². The molecule has 1 N–H and O–H groups in total. The molecular weight excluding hydrogens is 234 g/mol. The number of allylic oxidation sites excluding steroid dienone is 2. The molecule has 18 heavy (non-hydrogen) atoms. The summed E-state index contributed by atoms with van der Waals surface area (Å²) in [6.07, 6.45) is 6.16. The molecule has 0 saturated carbocycles. The summed E-state index contributed by atoms with van der Waals surface area (Å²) in [4.78, 5) is 25.5. The van der Waals surface area contributed by atoms with E-state index < -0.39 is 18.1 Å². The lowest BCUT2D eigenvalue weighted by molar-refractivity contribution is -0.152. The van der Waals surface area contributed by atoms with Gasteiger partial charge in [0.15, 0.2) is 0 Å². The zero-order valence-electron chi connectivity index (χ0n) is 10.5. The molecule has 5 heteroatoms. The number of aliphatic hydroxyl groups excluding tert-OH is 1. The van der Waals surface area contributed by atoms with Crippen LogP contribution in [0.1, 0.15) is 25.7 Å². The van der Waals surface area contributed by atoms with Crippen LogP contribution in [-0.4, -0.2) is 47.7 Å². The first kappa shape index (κ1) is 13.1. The third kappa shape index (κ3) is 2.56. The topological polar surface area (TPSA) is 66.8 Å². The first-order valence-corrected chi connectivity index (χ1v) is 6.35. The first-order valence-electron chi connectivity index (χ1n) is 6.35. The summed E-state index contributed by atoms with van der Waals surface area (Å²) >= 11 is 0. The fourth-order valence-electron chi connectivity index (χ4n) is 2.67. The van der Waals surface area contributed by atoms with Crippen molar-refractivity contribution in [3.05, 3.63) is 12.2 Å². The summed E-state index contributed by atoms with van der Waals surface area (Å²) < 4.78 is 4.69. The quantitative estimate of drug-likeness (QED) is 0.574. The molecule has 0 aromatic rings. The third-order valence-electron chi connectivity index (χ3n) is 3.65. The van der Waals surface area contributed by atoms with E-state index in [1.54, 1.807) is 0 Å². The van der Waals surface area contributed by atoms with Crippen molar-refractivity contribution in [1.82, 2.24) is 4.90 Å².